The molecule has 0 unspecified atom stereocenters. The van der Waals surface area contributed by atoms with Crippen LogP contribution in [-0.2, 0) is 0 Å². The summed E-state index contributed by atoms with van der Waals surface area (Å²) < 4.78 is 0. The molecule has 1 nitrogen and oxygen atoms in total. The number of hydrogen-bond acceptors (Lipinski definition) is 1. The van der Waals surface area contributed by atoms with Crippen LogP contribution in [0, 0.1) is 13.8 Å². The zero-order valence-electron chi connectivity index (χ0n) is 9.94. The predicted molar refractivity (Wildman–Crippen MR) is 71.4 cm³/mol. The molecule has 0 aromatic heterocycles. The molecule has 0 amide bonds. The van der Waals surface area contributed by atoms with Gasteiger partial charge in [-0.25, -0.2) is 0 Å². The Morgan fingerprint density at radius 2 is 1.65 bits per heavy atom. The second kappa shape index (κ2) is 4.91. The minimum Gasteiger partial charge on any atom is -0.384 e. The molecule has 0 radical (unpaired) electrons. The van der Waals surface area contributed by atoms with Crippen LogP contribution in [0.5, 0.6) is 0 Å². The second-order valence-corrected chi connectivity index (χ2v) is 4.75. The van der Waals surface area contributed by atoms with E-state index in [-0.39, 0.29) is 0 Å². The molecule has 1 N–H and O–H groups in total. The van der Waals surface area contributed by atoms with Gasteiger partial charge in [-0.1, -0.05) is 47.5 Å². The van der Waals surface area contributed by atoms with E-state index in [0.29, 0.717) is 5.02 Å². The molecule has 0 saturated heterocycles. The fraction of sp³-hybridized carbons (Fsp3) is 0.200. The SMILES string of the molecule is Cc1ccc(C)c([C@H](O)c2ccc(Cl)cc2)c1. The van der Waals surface area contributed by atoms with Gasteiger partial charge in [-0.3, -0.25) is 0 Å². The van der Waals surface area contributed by atoms with Crippen LogP contribution in [0.15, 0.2) is 42.5 Å². The third-order valence-corrected chi connectivity index (χ3v) is 3.17. The summed E-state index contributed by atoms with van der Waals surface area (Å²) in [6.45, 7) is 4.03. The molecule has 0 saturated carbocycles. The highest BCUT2D eigenvalue weighted by molar-refractivity contribution is 6.30. The summed E-state index contributed by atoms with van der Waals surface area (Å²) in [6, 6.07) is 13.4. The van der Waals surface area contributed by atoms with E-state index >= 15 is 0 Å². The van der Waals surface area contributed by atoms with E-state index in [4.69, 9.17) is 11.6 Å². The van der Waals surface area contributed by atoms with Gasteiger partial charge in [0.05, 0.1) is 0 Å². The smallest absolute Gasteiger partial charge is 0.104 e. The molecule has 2 aromatic rings. The lowest BCUT2D eigenvalue weighted by molar-refractivity contribution is 0.219. The molecule has 88 valence electrons. The van der Waals surface area contributed by atoms with Crippen LogP contribution in [0.1, 0.15) is 28.4 Å². The van der Waals surface area contributed by atoms with Crippen molar-refractivity contribution in [1.29, 1.82) is 0 Å². The van der Waals surface area contributed by atoms with Crippen molar-refractivity contribution in [2.75, 3.05) is 0 Å². The highest BCUT2D eigenvalue weighted by Crippen LogP contribution is 2.26. The normalized spacial score (nSPS) is 12.5. The molecule has 2 aromatic carbocycles. The van der Waals surface area contributed by atoms with E-state index in [1.165, 1.54) is 0 Å². The van der Waals surface area contributed by atoms with Gasteiger partial charge in [0.2, 0.25) is 0 Å². The first-order valence-electron chi connectivity index (χ1n) is 5.58. The first kappa shape index (κ1) is 12.2. The van der Waals surface area contributed by atoms with Gasteiger partial charge in [0.1, 0.15) is 6.10 Å². The molecule has 1 atom stereocenters. The van der Waals surface area contributed by atoms with Crippen LogP contribution in [0.2, 0.25) is 5.02 Å². The van der Waals surface area contributed by atoms with Gasteiger partial charge in [-0.05, 0) is 42.7 Å². The predicted octanol–water partition coefficient (Wildman–Crippen LogP) is 4.04. The zero-order valence-corrected chi connectivity index (χ0v) is 10.7. The van der Waals surface area contributed by atoms with Crippen LogP contribution in [0.4, 0.5) is 0 Å². The first-order valence-corrected chi connectivity index (χ1v) is 5.96. The van der Waals surface area contributed by atoms with Crippen molar-refractivity contribution < 1.29 is 5.11 Å². The summed E-state index contributed by atoms with van der Waals surface area (Å²) in [7, 11) is 0. The van der Waals surface area contributed by atoms with Crippen molar-refractivity contribution in [2.45, 2.75) is 20.0 Å². The van der Waals surface area contributed by atoms with Crippen molar-refractivity contribution in [3.8, 4) is 0 Å². The van der Waals surface area contributed by atoms with Crippen LogP contribution in [0.3, 0.4) is 0 Å². The molecule has 0 aliphatic carbocycles. The number of aliphatic hydroxyl groups is 1. The van der Waals surface area contributed by atoms with Crippen LogP contribution in [-0.4, -0.2) is 5.11 Å². The maximum Gasteiger partial charge on any atom is 0.104 e. The molecule has 2 rings (SSSR count). The minimum absolute atomic E-state index is 0.591. The molecule has 0 bridgehead atoms. The number of benzene rings is 2. The molecule has 0 aliphatic heterocycles. The fourth-order valence-electron chi connectivity index (χ4n) is 1.88. The molecule has 17 heavy (non-hydrogen) atoms. The molecular formula is C15H15ClO. The lowest BCUT2D eigenvalue weighted by Gasteiger charge is -2.15. The summed E-state index contributed by atoms with van der Waals surface area (Å²) >= 11 is 5.84. The maximum absolute atomic E-state index is 10.3. The Balaban J connectivity index is 2.39. The molecule has 0 fully saturated rings. The highest BCUT2D eigenvalue weighted by atomic mass is 35.5. The summed E-state index contributed by atoms with van der Waals surface area (Å²) in [5.74, 6) is 0. The molecular weight excluding hydrogens is 232 g/mol. The number of hydrogen-bond donors (Lipinski definition) is 1. The number of aryl methyl sites for hydroxylation is 2. The van der Waals surface area contributed by atoms with E-state index in [1.807, 2.05) is 44.2 Å². The largest absolute Gasteiger partial charge is 0.384 e. The van der Waals surface area contributed by atoms with Gasteiger partial charge < -0.3 is 5.11 Å². The summed E-state index contributed by atoms with van der Waals surface area (Å²) in [4.78, 5) is 0. The van der Waals surface area contributed by atoms with Crippen LogP contribution in [0.25, 0.3) is 0 Å². The van der Waals surface area contributed by atoms with Crippen molar-refractivity contribution in [2.24, 2.45) is 0 Å². The fourth-order valence-corrected chi connectivity index (χ4v) is 2.01. The lowest BCUT2D eigenvalue weighted by atomic mass is 9.96. The zero-order chi connectivity index (χ0) is 12.4. The minimum atomic E-state index is -0.591. The summed E-state index contributed by atoms with van der Waals surface area (Å²) in [5, 5.41) is 11.0. The van der Waals surface area contributed by atoms with Crippen molar-refractivity contribution in [3.63, 3.8) is 0 Å². The van der Waals surface area contributed by atoms with E-state index < -0.39 is 6.10 Å². The first-order chi connectivity index (χ1) is 8.08. The van der Waals surface area contributed by atoms with Crippen molar-refractivity contribution in [3.05, 3.63) is 69.7 Å². The third kappa shape index (κ3) is 2.68. The Morgan fingerprint density at radius 3 is 2.29 bits per heavy atom. The van der Waals surface area contributed by atoms with Gasteiger partial charge in [0.25, 0.3) is 0 Å². The lowest BCUT2D eigenvalue weighted by Crippen LogP contribution is -2.02. The molecule has 0 aliphatic rings. The monoisotopic (exact) mass is 246 g/mol. The number of halogens is 1. The van der Waals surface area contributed by atoms with Crippen LogP contribution >= 0.6 is 11.6 Å². The average molecular weight is 247 g/mol. The maximum atomic E-state index is 10.3. The van der Waals surface area contributed by atoms with E-state index in [2.05, 4.69) is 0 Å². The van der Waals surface area contributed by atoms with Crippen molar-refractivity contribution in [1.82, 2.24) is 0 Å². The van der Waals surface area contributed by atoms with E-state index in [9.17, 15) is 5.11 Å². The Bertz CT molecular complexity index is 517. The number of rotatable bonds is 2. The van der Waals surface area contributed by atoms with Gasteiger partial charge in [-0.15, -0.1) is 0 Å². The van der Waals surface area contributed by atoms with Gasteiger partial charge in [0.15, 0.2) is 0 Å². The Morgan fingerprint density at radius 1 is 1.00 bits per heavy atom. The van der Waals surface area contributed by atoms with E-state index in [1.54, 1.807) is 12.1 Å². The standard InChI is InChI=1S/C15H15ClO/c1-10-3-4-11(2)14(9-10)15(17)12-5-7-13(16)8-6-12/h3-9,15,17H,1-2H3/t15-/m1/s1. The third-order valence-electron chi connectivity index (χ3n) is 2.92. The van der Waals surface area contributed by atoms with E-state index in [0.717, 1.165) is 22.3 Å². The highest BCUT2D eigenvalue weighted by Gasteiger charge is 2.12. The Kier molecular flexibility index (Phi) is 3.51. The molecule has 0 spiro atoms. The van der Waals surface area contributed by atoms with Crippen LogP contribution < -0.4 is 0 Å². The molecule has 2 heteroatoms. The summed E-state index contributed by atoms with van der Waals surface area (Å²) in [5.41, 5.74) is 4.06. The Labute approximate surface area is 107 Å². The van der Waals surface area contributed by atoms with Crippen molar-refractivity contribution >= 4 is 11.6 Å². The number of aliphatic hydroxyl groups excluding tert-OH is 1. The van der Waals surface area contributed by atoms with Gasteiger partial charge in [0, 0.05) is 5.02 Å². The van der Waals surface area contributed by atoms with Gasteiger partial charge >= 0.3 is 0 Å². The quantitative estimate of drug-likeness (QED) is 0.848. The molecule has 0 heterocycles. The van der Waals surface area contributed by atoms with Gasteiger partial charge in [-0.2, -0.15) is 0 Å². The Hall–Kier alpha value is -1.31. The second-order valence-electron chi connectivity index (χ2n) is 4.31. The summed E-state index contributed by atoms with van der Waals surface area (Å²) in [6.07, 6.45) is -0.591. The topological polar surface area (TPSA) is 20.2 Å². The average Bonchev–Trinajstić information content (AvgIpc) is 2.32.